The van der Waals surface area contributed by atoms with E-state index in [0.29, 0.717) is 4.77 Å². The summed E-state index contributed by atoms with van der Waals surface area (Å²) in [5, 5.41) is 0. The topological polar surface area (TPSA) is 46.5 Å². The van der Waals surface area contributed by atoms with Crippen molar-refractivity contribution in [2.45, 2.75) is 0 Å². The number of imidazole rings is 1. The van der Waals surface area contributed by atoms with Crippen LogP contribution >= 0.6 is 39.5 Å². The maximum Gasteiger partial charge on any atom is 0.183 e. The van der Waals surface area contributed by atoms with Crippen LogP contribution in [0.4, 0.5) is 0 Å². The summed E-state index contributed by atoms with van der Waals surface area (Å²) in [5.74, 6) is 0. The predicted molar refractivity (Wildman–Crippen MR) is 87.1 cm³/mol. The number of nitrogens with zero attached hydrogens (tertiary/aromatic N) is 3. The van der Waals surface area contributed by atoms with E-state index in [4.69, 9.17) is 12.2 Å². The van der Waals surface area contributed by atoms with E-state index in [2.05, 4.69) is 36.9 Å². The van der Waals surface area contributed by atoms with Crippen molar-refractivity contribution in [1.82, 2.24) is 19.5 Å². The molecule has 20 heavy (non-hydrogen) atoms. The van der Waals surface area contributed by atoms with Gasteiger partial charge in [0.05, 0.1) is 26.9 Å². The second kappa shape index (κ2) is 4.47. The molecule has 0 radical (unpaired) electrons. The first-order valence-corrected chi connectivity index (χ1v) is 7.90. The summed E-state index contributed by atoms with van der Waals surface area (Å²) in [6.45, 7) is 0. The summed E-state index contributed by atoms with van der Waals surface area (Å²) in [5.41, 5.74) is 5.57. The molecule has 3 aromatic heterocycles. The largest absolute Gasteiger partial charge is 0.329 e. The van der Waals surface area contributed by atoms with Crippen LogP contribution in [-0.4, -0.2) is 19.5 Å². The molecule has 0 fully saturated rings. The number of hydrogen-bond donors (Lipinski definition) is 1. The molecule has 1 N–H and O–H groups in total. The zero-order valence-electron chi connectivity index (χ0n) is 10.0. The molecular weight excluding hydrogens is 356 g/mol. The number of rotatable bonds is 1. The molecule has 0 atom stereocenters. The van der Waals surface area contributed by atoms with Crippen molar-refractivity contribution in [2.75, 3.05) is 0 Å². The summed E-state index contributed by atoms with van der Waals surface area (Å²) in [6, 6.07) is 8.06. The Kier molecular flexibility index (Phi) is 2.73. The highest BCUT2D eigenvalue weighted by Crippen LogP contribution is 2.25. The molecule has 0 saturated carbocycles. The van der Waals surface area contributed by atoms with E-state index < -0.39 is 0 Å². The molecule has 0 spiro atoms. The molecule has 4 rings (SSSR count). The minimum absolute atomic E-state index is 0.634. The first-order chi connectivity index (χ1) is 9.72. The highest BCUT2D eigenvalue weighted by molar-refractivity contribution is 9.10. The van der Waals surface area contributed by atoms with Crippen LogP contribution in [0.3, 0.4) is 0 Å². The molecule has 4 nitrogen and oxygen atoms in total. The van der Waals surface area contributed by atoms with Crippen molar-refractivity contribution >= 4 is 60.9 Å². The maximum atomic E-state index is 5.42. The Bertz CT molecular complexity index is 998. The summed E-state index contributed by atoms with van der Waals surface area (Å²) in [4.78, 5) is 11.9. The van der Waals surface area contributed by atoms with Gasteiger partial charge in [-0.05, 0) is 52.4 Å². The third-order valence-electron chi connectivity index (χ3n) is 3.06. The Morgan fingerprint density at radius 2 is 2.15 bits per heavy atom. The normalized spacial score (nSPS) is 11.4. The molecule has 0 aliphatic rings. The smallest absolute Gasteiger partial charge is 0.183 e. The molecule has 1 aromatic carbocycles. The van der Waals surface area contributed by atoms with Gasteiger partial charge in [-0.1, -0.05) is 0 Å². The van der Waals surface area contributed by atoms with Gasteiger partial charge < -0.3 is 4.98 Å². The first-order valence-electron chi connectivity index (χ1n) is 5.82. The fourth-order valence-corrected chi connectivity index (χ4v) is 3.54. The molecule has 7 heteroatoms. The van der Waals surface area contributed by atoms with Crippen LogP contribution in [0.15, 0.2) is 40.4 Å². The fraction of sp³-hybridized carbons (Fsp3) is 0. The van der Waals surface area contributed by atoms with E-state index in [9.17, 15) is 0 Å². The van der Waals surface area contributed by atoms with Crippen LogP contribution in [0.5, 0.6) is 0 Å². The average Bonchev–Trinajstić information content (AvgIpc) is 3.00. The number of pyridine rings is 1. The first kappa shape index (κ1) is 12.2. The van der Waals surface area contributed by atoms with Crippen LogP contribution in [0, 0.1) is 4.77 Å². The molecule has 0 saturated heterocycles. The fourth-order valence-electron chi connectivity index (χ4n) is 2.19. The molecular formula is C13H7BrN4S2. The third-order valence-corrected chi connectivity index (χ3v) is 4.57. The lowest BCUT2D eigenvalue weighted by atomic mass is 10.3. The van der Waals surface area contributed by atoms with Gasteiger partial charge >= 0.3 is 0 Å². The van der Waals surface area contributed by atoms with E-state index in [1.165, 1.54) is 0 Å². The Hall–Kier alpha value is -1.57. The molecule has 0 aliphatic carbocycles. The number of halogens is 1. The van der Waals surface area contributed by atoms with E-state index in [0.717, 1.165) is 31.5 Å². The number of H-pyrrole nitrogens is 1. The van der Waals surface area contributed by atoms with Crippen molar-refractivity contribution in [3.63, 3.8) is 0 Å². The number of fused-ring (bicyclic) bond motifs is 2. The standard InChI is InChI=1S/C13H7BrN4S2/c14-7-3-10-12(15-5-7)18(13(19)17-10)8-1-2-9-11(4-8)20-6-16-9/h1-6H,(H,17,19). The van der Waals surface area contributed by atoms with Gasteiger partial charge in [0.25, 0.3) is 0 Å². The molecule has 98 valence electrons. The molecule has 4 aromatic rings. The van der Waals surface area contributed by atoms with Gasteiger partial charge in [0.15, 0.2) is 10.4 Å². The number of hydrogen-bond acceptors (Lipinski definition) is 4. The van der Waals surface area contributed by atoms with Gasteiger partial charge in [-0.3, -0.25) is 4.57 Å². The molecule has 0 unspecified atom stereocenters. The Morgan fingerprint density at radius 3 is 3.05 bits per heavy atom. The highest BCUT2D eigenvalue weighted by atomic mass is 79.9. The van der Waals surface area contributed by atoms with Crippen molar-refractivity contribution < 1.29 is 0 Å². The number of aromatic nitrogens is 4. The molecule has 0 aliphatic heterocycles. The van der Waals surface area contributed by atoms with Crippen molar-refractivity contribution in [3.8, 4) is 5.69 Å². The SMILES string of the molecule is S=c1[nH]c2cc(Br)cnc2n1-c1ccc2ncsc2c1. The molecule has 0 bridgehead atoms. The second-order valence-electron chi connectivity index (χ2n) is 4.29. The minimum Gasteiger partial charge on any atom is -0.329 e. The van der Waals surface area contributed by atoms with E-state index >= 15 is 0 Å². The molecule has 3 heterocycles. The zero-order valence-corrected chi connectivity index (χ0v) is 13.2. The van der Waals surface area contributed by atoms with Gasteiger partial charge in [-0.15, -0.1) is 11.3 Å². The lowest BCUT2D eigenvalue weighted by Gasteiger charge is -2.03. The monoisotopic (exact) mass is 362 g/mol. The van der Waals surface area contributed by atoms with Gasteiger partial charge in [-0.2, -0.15) is 0 Å². The van der Waals surface area contributed by atoms with Gasteiger partial charge in [0.1, 0.15) is 0 Å². The summed E-state index contributed by atoms with van der Waals surface area (Å²) in [7, 11) is 0. The van der Waals surface area contributed by atoms with Crippen LogP contribution < -0.4 is 0 Å². The van der Waals surface area contributed by atoms with Gasteiger partial charge in [0, 0.05) is 10.7 Å². The van der Waals surface area contributed by atoms with Gasteiger partial charge in [0.2, 0.25) is 0 Å². The minimum atomic E-state index is 0.634. The number of benzene rings is 1. The van der Waals surface area contributed by atoms with E-state index in [1.54, 1.807) is 17.5 Å². The summed E-state index contributed by atoms with van der Waals surface area (Å²) < 4.78 is 4.63. The quantitative estimate of drug-likeness (QED) is 0.508. The Balaban J connectivity index is 2.05. The highest BCUT2D eigenvalue weighted by Gasteiger charge is 2.09. The number of aromatic amines is 1. The van der Waals surface area contributed by atoms with Crippen molar-refractivity contribution in [1.29, 1.82) is 0 Å². The number of thiazole rings is 1. The van der Waals surface area contributed by atoms with Crippen LogP contribution in [0.2, 0.25) is 0 Å². The molecule has 0 amide bonds. The summed E-state index contributed by atoms with van der Waals surface area (Å²) >= 11 is 10.5. The van der Waals surface area contributed by atoms with Crippen LogP contribution in [0.1, 0.15) is 0 Å². The Morgan fingerprint density at radius 1 is 1.25 bits per heavy atom. The van der Waals surface area contributed by atoms with Crippen LogP contribution in [-0.2, 0) is 0 Å². The second-order valence-corrected chi connectivity index (χ2v) is 6.48. The van der Waals surface area contributed by atoms with E-state index in [-0.39, 0.29) is 0 Å². The van der Waals surface area contributed by atoms with Gasteiger partial charge in [-0.25, -0.2) is 9.97 Å². The third kappa shape index (κ3) is 1.81. The Labute approximate surface area is 131 Å². The van der Waals surface area contributed by atoms with Crippen molar-refractivity contribution in [3.05, 3.63) is 45.2 Å². The maximum absolute atomic E-state index is 5.42. The lowest BCUT2D eigenvalue weighted by molar-refractivity contribution is 1.05. The number of nitrogens with one attached hydrogen (secondary N) is 1. The zero-order chi connectivity index (χ0) is 13.7. The predicted octanol–water partition coefficient (Wildman–Crippen LogP) is 4.46. The average molecular weight is 363 g/mol. The lowest BCUT2D eigenvalue weighted by Crippen LogP contribution is -1.95. The van der Waals surface area contributed by atoms with E-state index in [1.807, 2.05) is 28.3 Å². The van der Waals surface area contributed by atoms with Crippen LogP contribution in [0.25, 0.3) is 27.1 Å². The van der Waals surface area contributed by atoms with Crippen molar-refractivity contribution in [2.24, 2.45) is 0 Å². The summed E-state index contributed by atoms with van der Waals surface area (Å²) in [6.07, 6.45) is 1.77.